The molecule has 0 bridgehead atoms. The molecule has 0 fully saturated rings. The zero-order valence-corrected chi connectivity index (χ0v) is 46.6. The third-order valence-corrected chi connectivity index (χ3v) is 13.7. The zero-order chi connectivity index (χ0) is 46.3. The summed E-state index contributed by atoms with van der Waals surface area (Å²) in [6.07, 6.45) is 10.5. The van der Waals surface area contributed by atoms with Crippen molar-refractivity contribution in [1.29, 1.82) is 0 Å². The standard InChI is InChI=1S/C39H50N6O13S4.3Na/c1-38(2)31-26-29(61(53,54)55)16-18-33(31)44(22-5-7-24-59(47,48)49)35(38)14-9-12-28(37(46)41-20-11-21-42-43-40)13-10-15-36-39(3,4)32-27-30(62(56,57)58)17-19-34(32)45(36)23-6-8-25-60(50,51)52;;;/h9-10,12-19,26-27H,5-8,11,20-25H2,1-4H3,(H4-,41,46,47,48,49,50,51,52,53,54,55,56,57,58);;;/q;3*+1/p-3. The average molecular weight is 1010 g/mol. The van der Waals surface area contributed by atoms with Crippen molar-refractivity contribution >= 4 is 63.5 Å². The Labute approximate surface area is 447 Å². The molecule has 0 unspecified atom stereocenters. The summed E-state index contributed by atoms with van der Waals surface area (Å²) in [5.41, 5.74) is 10.2. The maximum Gasteiger partial charge on any atom is 1.00 e. The maximum absolute atomic E-state index is 13.6. The van der Waals surface area contributed by atoms with Crippen molar-refractivity contribution in [3.63, 3.8) is 0 Å². The molecule has 0 aromatic heterocycles. The fourth-order valence-electron chi connectivity index (χ4n) is 7.39. The Balaban J connectivity index is 0.00000704. The number of fused-ring (bicyclic) bond motifs is 2. The number of anilines is 1. The molecule has 65 heavy (non-hydrogen) atoms. The van der Waals surface area contributed by atoms with E-state index in [1.807, 2.05) is 9.48 Å². The molecule has 0 aliphatic carbocycles. The summed E-state index contributed by atoms with van der Waals surface area (Å²) in [4.78, 5) is 17.2. The van der Waals surface area contributed by atoms with Crippen LogP contribution in [0.5, 0.6) is 0 Å². The minimum atomic E-state index is -4.82. The van der Waals surface area contributed by atoms with Crippen molar-refractivity contribution in [3.8, 4) is 0 Å². The van der Waals surface area contributed by atoms with E-state index in [2.05, 4.69) is 15.3 Å². The number of nitrogens with one attached hydrogen (secondary N) is 1. The van der Waals surface area contributed by atoms with Crippen molar-refractivity contribution in [3.05, 3.63) is 106 Å². The van der Waals surface area contributed by atoms with E-state index in [9.17, 15) is 56.7 Å². The van der Waals surface area contributed by atoms with Crippen LogP contribution in [0.3, 0.4) is 0 Å². The van der Waals surface area contributed by atoms with Gasteiger partial charge in [0, 0.05) is 82.6 Å². The molecule has 4 rings (SSSR count). The van der Waals surface area contributed by atoms with E-state index in [1.54, 1.807) is 52.0 Å². The Hall–Kier alpha value is -1.71. The van der Waals surface area contributed by atoms with E-state index < -0.39 is 78.5 Å². The molecule has 0 radical (unpaired) electrons. The Kier molecular flexibility index (Phi) is 23.8. The number of nitrogens with zero attached hydrogens (tertiary/aromatic N) is 5. The second-order valence-electron chi connectivity index (χ2n) is 15.6. The Morgan fingerprint density at radius 1 is 0.785 bits per heavy atom. The Morgan fingerprint density at radius 2 is 1.35 bits per heavy atom. The summed E-state index contributed by atoms with van der Waals surface area (Å²) in [6.45, 7) is 7.88. The number of benzene rings is 2. The Morgan fingerprint density at radius 3 is 1.92 bits per heavy atom. The predicted octanol–water partition coefficient (Wildman–Crippen LogP) is -4.93. The first-order valence-corrected chi connectivity index (χ1v) is 25.2. The van der Waals surface area contributed by atoms with Crippen LogP contribution in [-0.2, 0) is 56.1 Å². The molecular formula is C39H47N6Na3O13S4. The largest absolute Gasteiger partial charge is 1.00 e. The second-order valence-corrected chi connectivity index (χ2v) is 21.4. The Bertz CT molecular complexity index is 2750. The first kappa shape index (κ1) is 61.3. The number of allylic oxidation sites excluding steroid dienone is 6. The van der Waals surface area contributed by atoms with E-state index in [-0.39, 0.29) is 146 Å². The van der Waals surface area contributed by atoms with Gasteiger partial charge < -0.3 is 28.4 Å². The van der Waals surface area contributed by atoms with Crippen LogP contribution in [0.4, 0.5) is 11.4 Å². The fourth-order valence-corrected chi connectivity index (χ4v) is 9.50. The summed E-state index contributed by atoms with van der Waals surface area (Å²) < 4.78 is 141. The third kappa shape index (κ3) is 17.0. The van der Waals surface area contributed by atoms with Crippen LogP contribution in [-0.4, -0.2) is 106 Å². The van der Waals surface area contributed by atoms with E-state index in [4.69, 9.17) is 5.53 Å². The topological polar surface area (TPSA) is 313 Å². The molecule has 2 aliphatic rings. The van der Waals surface area contributed by atoms with E-state index >= 15 is 0 Å². The van der Waals surface area contributed by atoms with Gasteiger partial charge in [-0.1, -0.05) is 31.1 Å². The molecule has 338 valence electrons. The average Bonchev–Trinajstić information content (AvgIpc) is 3.50. The van der Waals surface area contributed by atoms with Crippen LogP contribution in [0.25, 0.3) is 10.4 Å². The van der Waals surface area contributed by atoms with Crippen LogP contribution in [0.2, 0.25) is 0 Å². The van der Waals surface area contributed by atoms with Crippen molar-refractivity contribution in [2.24, 2.45) is 5.11 Å². The molecule has 1 N–H and O–H groups in total. The van der Waals surface area contributed by atoms with Crippen LogP contribution >= 0.6 is 0 Å². The van der Waals surface area contributed by atoms with Gasteiger partial charge in [0.05, 0.1) is 35.4 Å². The minimum Gasteiger partial charge on any atom is -0.748 e. The fraction of sp³-hybridized carbons (Fsp3) is 0.436. The number of hydrogen-bond acceptors (Lipinski definition) is 15. The van der Waals surface area contributed by atoms with Crippen LogP contribution < -0.4 is 98.9 Å². The molecule has 0 saturated heterocycles. The van der Waals surface area contributed by atoms with Crippen molar-refractivity contribution in [2.75, 3.05) is 42.6 Å². The predicted molar refractivity (Wildman–Crippen MR) is 226 cm³/mol. The molecule has 0 atom stereocenters. The normalized spacial score (nSPS) is 16.4. The number of carbonyl (C=O) groups excluding carboxylic acids is 1. The third-order valence-electron chi connectivity index (χ3n) is 10.5. The first-order chi connectivity index (χ1) is 28.7. The van der Waals surface area contributed by atoms with Crippen LogP contribution in [0.15, 0.2) is 99.0 Å². The zero-order valence-electron chi connectivity index (χ0n) is 37.4. The maximum atomic E-state index is 13.6. The van der Waals surface area contributed by atoms with Crippen molar-refractivity contribution in [1.82, 2.24) is 5.32 Å². The molecule has 2 aliphatic heterocycles. The summed E-state index contributed by atoms with van der Waals surface area (Å²) in [5, 5.41) is 6.23. The molecular weight excluding hydrogens is 958 g/mol. The summed E-state index contributed by atoms with van der Waals surface area (Å²) in [7, 11) is -18.6. The van der Waals surface area contributed by atoms with Gasteiger partial charge in [0.1, 0.15) is 26.8 Å². The van der Waals surface area contributed by atoms with E-state index in [1.165, 1.54) is 48.6 Å². The number of unbranched alkanes of at least 4 members (excludes halogenated alkanes) is 2. The smallest absolute Gasteiger partial charge is 0.748 e. The van der Waals surface area contributed by atoms with Crippen LogP contribution in [0, 0.1) is 0 Å². The monoisotopic (exact) mass is 1000 g/mol. The van der Waals surface area contributed by atoms with Gasteiger partial charge in [0.25, 0.3) is 5.91 Å². The first-order valence-electron chi connectivity index (χ1n) is 19.3. The van der Waals surface area contributed by atoms with Crippen molar-refractivity contribution < 1.29 is 150 Å². The van der Waals surface area contributed by atoms with Gasteiger partial charge in [-0.3, -0.25) is 4.79 Å². The van der Waals surface area contributed by atoms with Gasteiger partial charge in [0.15, 0.2) is 5.71 Å². The van der Waals surface area contributed by atoms with Gasteiger partial charge >= 0.3 is 88.7 Å². The van der Waals surface area contributed by atoms with Gasteiger partial charge in [0.2, 0.25) is 5.69 Å². The molecule has 1 amide bonds. The minimum absolute atomic E-state index is 0. The number of amides is 1. The summed E-state index contributed by atoms with van der Waals surface area (Å²) >= 11 is 0. The SMILES string of the molecule is CC1(C)C(/C=C/C=C(/C=C/C=C2/N(CCCCS(=O)(=O)[O-])c3ccc(S(=O)(=O)[O-])cc3C2(C)C)C(=O)NCCCN=[N+]=[N-])=[N+](CCCCS(=O)(=O)[O-])c2ccc(S(=O)(=O)[O-])cc21.[Na+].[Na+].[Na+]. The number of rotatable bonds is 21. The molecule has 19 nitrogen and oxygen atoms in total. The molecule has 0 saturated carbocycles. The molecule has 26 heteroatoms. The van der Waals surface area contributed by atoms with Crippen LogP contribution in [0.1, 0.15) is 70.9 Å². The van der Waals surface area contributed by atoms with Gasteiger partial charge in [-0.2, -0.15) is 4.58 Å². The number of azide groups is 1. The molecule has 2 heterocycles. The number of hydrogen-bond donors (Lipinski definition) is 1. The second kappa shape index (κ2) is 25.2. The molecule has 0 spiro atoms. The van der Waals surface area contributed by atoms with Gasteiger partial charge in [-0.25, -0.2) is 33.7 Å². The van der Waals surface area contributed by atoms with E-state index in [0.29, 0.717) is 40.3 Å². The van der Waals surface area contributed by atoms with E-state index in [0.717, 1.165) is 0 Å². The van der Waals surface area contributed by atoms with Gasteiger partial charge in [-0.15, -0.1) is 0 Å². The quantitative estimate of drug-likeness (QED) is 0.0141. The number of carbonyl (C=O) groups is 1. The summed E-state index contributed by atoms with van der Waals surface area (Å²) in [6, 6.07) is 7.88. The molecule has 2 aromatic carbocycles. The summed E-state index contributed by atoms with van der Waals surface area (Å²) in [5.74, 6) is -1.70. The van der Waals surface area contributed by atoms with Gasteiger partial charge in [-0.05, 0) is 99.2 Å². The molecule has 2 aromatic rings. The van der Waals surface area contributed by atoms with Crippen molar-refractivity contribution in [2.45, 2.75) is 80.4 Å².